The first kappa shape index (κ1) is 12.8. The van der Waals surface area contributed by atoms with E-state index in [0.29, 0.717) is 16.8 Å². The van der Waals surface area contributed by atoms with Crippen LogP contribution in [0.1, 0.15) is 25.7 Å². The molecular weight excluding hydrogens is 220 g/mol. The predicted octanol–water partition coefficient (Wildman–Crippen LogP) is 2.48. The summed E-state index contributed by atoms with van der Waals surface area (Å²) in [4.78, 5) is 8.20. The van der Waals surface area contributed by atoms with E-state index in [1.165, 1.54) is 12.8 Å². The lowest BCUT2D eigenvalue weighted by molar-refractivity contribution is 0.734. The average molecular weight is 238 g/mol. The number of nitrogens with zero attached hydrogens (tertiary/aromatic N) is 2. The van der Waals surface area contributed by atoms with Crippen LogP contribution in [0.25, 0.3) is 0 Å². The molecule has 0 aliphatic carbocycles. The van der Waals surface area contributed by atoms with Gasteiger partial charge in [0.05, 0.1) is 0 Å². The van der Waals surface area contributed by atoms with Gasteiger partial charge in [-0.3, -0.25) is 0 Å². The Bertz CT molecular complexity index is 321. The van der Waals surface area contributed by atoms with Gasteiger partial charge >= 0.3 is 0 Å². The highest BCUT2D eigenvalue weighted by molar-refractivity contribution is 7.99. The Morgan fingerprint density at radius 1 is 1.19 bits per heavy atom. The Morgan fingerprint density at radius 3 is 2.50 bits per heavy atom. The van der Waals surface area contributed by atoms with Gasteiger partial charge in [0.1, 0.15) is 11.6 Å². The molecular formula is C11H18N4S. The zero-order valence-electron chi connectivity index (χ0n) is 9.35. The first-order valence-electron chi connectivity index (χ1n) is 5.36. The Balaban J connectivity index is 2.23. The average Bonchev–Trinajstić information content (AvgIpc) is 2.22. The Hall–Kier alpha value is -1.23. The molecule has 0 atom stereocenters. The van der Waals surface area contributed by atoms with Gasteiger partial charge in [0.2, 0.25) is 0 Å². The standard InChI is InChI=1S/C11H18N4S/c1-2-3-4-5-6-7-16-11-14-9(12)8-10(13)15-11/h2,8H,1,3-7H2,(H4,12,13,14,15). The molecule has 88 valence electrons. The van der Waals surface area contributed by atoms with Crippen LogP contribution in [0.4, 0.5) is 11.6 Å². The molecule has 0 aliphatic rings. The molecule has 1 aromatic heterocycles. The highest BCUT2D eigenvalue weighted by atomic mass is 32.2. The maximum absolute atomic E-state index is 5.57. The fraction of sp³-hybridized carbons (Fsp3) is 0.455. The van der Waals surface area contributed by atoms with Gasteiger partial charge in [-0.25, -0.2) is 9.97 Å². The van der Waals surface area contributed by atoms with E-state index in [9.17, 15) is 0 Å². The minimum Gasteiger partial charge on any atom is -0.383 e. The van der Waals surface area contributed by atoms with Crippen LogP contribution in [0.5, 0.6) is 0 Å². The number of anilines is 2. The minimum atomic E-state index is 0.432. The second-order valence-electron chi connectivity index (χ2n) is 3.49. The van der Waals surface area contributed by atoms with Gasteiger partial charge in [-0.2, -0.15) is 0 Å². The van der Waals surface area contributed by atoms with Crippen LogP contribution < -0.4 is 11.5 Å². The summed E-state index contributed by atoms with van der Waals surface area (Å²) >= 11 is 1.60. The van der Waals surface area contributed by atoms with E-state index in [1.54, 1.807) is 17.8 Å². The monoisotopic (exact) mass is 238 g/mol. The zero-order chi connectivity index (χ0) is 11.8. The first-order valence-corrected chi connectivity index (χ1v) is 6.34. The van der Waals surface area contributed by atoms with Crippen molar-refractivity contribution >= 4 is 23.4 Å². The minimum absolute atomic E-state index is 0.432. The van der Waals surface area contributed by atoms with Crippen molar-refractivity contribution in [3.05, 3.63) is 18.7 Å². The summed E-state index contributed by atoms with van der Waals surface area (Å²) in [5, 5.41) is 0.668. The van der Waals surface area contributed by atoms with Gasteiger partial charge in [0, 0.05) is 11.8 Å². The SMILES string of the molecule is C=CCCCCCSc1nc(N)cc(N)n1. The maximum atomic E-state index is 5.57. The molecule has 0 saturated heterocycles. The van der Waals surface area contributed by atoms with Crippen LogP contribution in [0.3, 0.4) is 0 Å². The summed E-state index contributed by atoms with van der Waals surface area (Å²) in [5.41, 5.74) is 11.1. The summed E-state index contributed by atoms with van der Waals surface area (Å²) < 4.78 is 0. The van der Waals surface area contributed by atoms with Crippen molar-refractivity contribution in [1.82, 2.24) is 9.97 Å². The Morgan fingerprint density at radius 2 is 1.88 bits per heavy atom. The molecule has 0 unspecified atom stereocenters. The topological polar surface area (TPSA) is 77.8 Å². The molecule has 0 saturated carbocycles. The van der Waals surface area contributed by atoms with Crippen LogP contribution in [0, 0.1) is 0 Å². The Labute approximate surface area is 101 Å². The number of hydrogen-bond donors (Lipinski definition) is 2. The van der Waals surface area contributed by atoms with E-state index in [1.807, 2.05) is 6.08 Å². The second kappa shape index (κ2) is 7.11. The van der Waals surface area contributed by atoms with E-state index >= 15 is 0 Å². The van der Waals surface area contributed by atoms with Gasteiger partial charge in [0.15, 0.2) is 5.16 Å². The summed E-state index contributed by atoms with van der Waals surface area (Å²) in [6.07, 6.45) is 6.60. The fourth-order valence-electron chi connectivity index (χ4n) is 1.26. The van der Waals surface area contributed by atoms with Gasteiger partial charge in [-0.1, -0.05) is 24.3 Å². The summed E-state index contributed by atoms with van der Waals surface area (Å²) in [5.74, 6) is 1.86. The highest BCUT2D eigenvalue weighted by Gasteiger charge is 2.00. The van der Waals surface area contributed by atoms with E-state index in [2.05, 4.69) is 16.5 Å². The molecule has 16 heavy (non-hydrogen) atoms. The molecule has 0 fully saturated rings. The summed E-state index contributed by atoms with van der Waals surface area (Å²) in [6.45, 7) is 3.69. The van der Waals surface area contributed by atoms with Gasteiger partial charge in [-0.15, -0.1) is 6.58 Å². The normalized spacial score (nSPS) is 10.2. The number of thioether (sulfide) groups is 1. The number of hydrogen-bond acceptors (Lipinski definition) is 5. The summed E-state index contributed by atoms with van der Waals surface area (Å²) in [6, 6.07) is 1.56. The van der Waals surface area contributed by atoms with Crippen LogP contribution in [0.2, 0.25) is 0 Å². The number of aromatic nitrogens is 2. The third kappa shape index (κ3) is 5.02. The van der Waals surface area contributed by atoms with Crippen molar-refractivity contribution in [3.63, 3.8) is 0 Å². The van der Waals surface area contributed by atoms with Gasteiger partial charge in [-0.05, 0) is 19.3 Å². The molecule has 1 heterocycles. The van der Waals surface area contributed by atoms with Crippen molar-refractivity contribution < 1.29 is 0 Å². The van der Waals surface area contributed by atoms with Gasteiger partial charge in [0.25, 0.3) is 0 Å². The van der Waals surface area contributed by atoms with Crippen molar-refractivity contribution in [2.45, 2.75) is 30.8 Å². The van der Waals surface area contributed by atoms with Crippen molar-refractivity contribution in [1.29, 1.82) is 0 Å². The van der Waals surface area contributed by atoms with E-state index < -0.39 is 0 Å². The predicted molar refractivity (Wildman–Crippen MR) is 70.2 cm³/mol. The molecule has 0 aliphatic heterocycles. The molecule has 5 heteroatoms. The molecule has 1 rings (SSSR count). The molecule has 0 radical (unpaired) electrons. The number of unbranched alkanes of at least 4 members (excludes halogenated alkanes) is 3. The zero-order valence-corrected chi connectivity index (χ0v) is 10.2. The number of rotatable bonds is 7. The maximum Gasteiger partial charge on any atom is 0.191 e. The lowest BCUT2D eigenvalue weighted by atomic mass is 10.2. The molecule has 0 bridgehead atoms. The third-order valence-electron chi connectivity index (χ3n) is 2.03. The van der Waals surface area contributed by atoms with Gasteiger partial charge < -0.3 is 11.5 Å². The lowest BCUT2D eigenvalue weighted by Crippen LogP contribution is -1.99. The molecule has 0 spiro atoms. The van der Waals surface area contributed by atoms with Crippen LogP contribution in [0.15, 0.2) is 23.9 Å². The van der Waals surface area contributed by atoms with E-state index in [0.717, 1.165) is 18.6 Å². The largest absolute Gasteiger partial charge is 0.383 e. The number of nitrogens with two attached hydrogens (primary N) is 2. The second-order valence-corrected chi connectivity index (χ2v) is 4.55. The third-order valence-corrected chi connectivity index (χ3v) is 2.96. The molecule has 4 nitrogen and oxygen atoms in total. The number of allylic oxidation sites excluding steroid dienone is 1. The lowest BCUT2D eigenvalue weighted by Gasteiger charge is -2.02. The van der Waals surface area contributed by atoms with Crippen molar-refractivity contribution in [2.24, 2.45) is 0 Å². The van der Waals surface area contributed by atoms with Crippen LogP contribution in [-0.4, -0.2) is 15.7 Å². The van der Waals surface area contributed by atoms with Crippen molar-refractivity contribution in [2.75, 3.05) is 17.2 Å². The number of nitrogen functional groups attached to an aromatic ring is 2. The molecule has 4 N–H and O–H groups in total. The quantitative estimate of drug-likeness (QED) is 0.330. The van der Waals surface area contributed by atoms with E-state index in [-0.39, 0.29) is 0 Å². The molecule has 0 aromatic carbocycles. The summed E-state index contributed by atoms with van der Waals surface area (Å²) in [7, 11) is 0. The fourth-order valence-corrected chi connectivity index (χ4v) is 2.13. The molecule has 1 aromatic rings. The Kier molecular flexibility index (Phi) is 5.71. The smallest absolute Gasteiger partial charge is 0.191 e. The highest BCUT2D eigenvalue weighted by Crippen LogP contribution is 2.18. The van der Waals surface area contributed by atoms with Crippen LogP contribution >= 0.6 is 11.8 Å². The van der Waals surface area contributed by atoms with Crippen LogP contribution in [-0.2, 0) is 0 Å². The molecule has 0 amide bonds. The first-order chi connectivity index (χ1) is 7.72. The van der Waals surface area contributed by atoms with Crippen molar-refractivity contribution in [3.8, 4) is 0 Å². The van der Waals surface area contributed by atoms with E-state index in [4.69, 9.17) is 11.5 Å².